The number of carbonyl (C=O) groups is 1. The van der Waals surface area contributed by atoms with E-state index in [1.165, 1.54) is 48.7 Å². The first-order chi connectivity index (χ1) is 11.1. The van der Waals surface area contributed by atoms with Gasteiger partial charge in [0.05, 0.1) is 5.52 Å². The van der Waals surface area contributed by atoms with Gasteiger partial charge in [-0.1, -0.05) is 18.2 Å². The second-order valence-electron chi connectivity index (χ2n) is 5.00. The van der Waals surface area contributed by atoms with Gasteiger partial charge in [0.2, 0.25) is 5.43 Å². The van der Waals surface area contributed by atoms with Gasteiger partial charge < -0.3 is 10.3 Å². The number of benzene rings is 2. The zero-order valence-electron chi connectivity index (χ0n) is 11.9. The van der Waals surface area contributed by atoms with Crippen LogP contribution in [0.25, 0.3) is 10.9 Å². The predicted octanol–water partition coefficient (Wildman–Crippen LogP) is 2.74. The lowest BCUT2D eigenvalue weighted by Crippen LogP contribution is -2.28. The van der Waals surface area contributed by atoms with Crippen LogP contribution in [-0.2, 0) is 6.54 Å². The maximum Gasteiger partial charge on any atom is 0.257 e. The van der Waals surface area contributed by atoms with E-state index in [0.29, 0.717) is 5.56 Å². The number of amides is 1. The van der Waals surface area contributed by atoms with Gasteiger partial charge in [-0.25, -0.2) is 8.78 Å². The molecule has 0 radical (unpaired) electrons. The first-order valence-electron chi connectivity index (χ1n) is 6.89. The molecule has 0 saturated carbocycles. The van der Waals surface area contributed by atoms with Gasteiger partial charge in [-0.05, 0) is 29.8 Å². The molecule has 0 unspecified atom stereocenters. The Hall–Kier alpha value is -3.02. The second kappa shape index (κ2) is 6.00. The molecular formula is C17H12F2N2O2. The third kappa shape index (κ3) is 2.96. The molecule has 116 valence electrons. The molecule has 0 aliphatic rings. The lowest BCUT2D eigenvalue weighted by atomic mass is 10.1. The van der Waals surface area contributed by atoms with Crippen LogP contribution in [-0.4, -0.2) is 10.9 Å². The maximum absolute atomic E-state index is 13.6. The number of halogens is 2. The molecule has 0 aliphatic heterocycles. The highest BCUT2D eigenvalue weighted by Crippen LogP contribution is 2.12. The molecule has 0 fully saturated rings. The van der Waals surface area contributed by atoms with Crippen LogP contribution in [0, 0.1) is 11.6 Å². The molecule has 0 atom stereocenters. The number of fused-ring (bicyclic) bond motifs is 1. The Morgan fingerprint density at radius 1 is 1.09 bits per heavy atom. The monoisotopic (exact) mass is 314 g/mol. The lowest BCUT2D eigenvalue weighted by molar-refractivity contribution is 0.0949. The molecular weight excluding hydrogens is 302 g/mol. The predicted molar refractivity (Wildman–Crippen MR) is 82.1 cm³/mol. The number of hydrogen-bond acceptors (Lipinski definition) is 2. The van der Waals surface area contributed by atoms with E-state index in [9.17, 15) is 18.4 Å². The molecule has 3 rings (SSSR count). The molecule has 6 heteroatoms. The zero-order valence-corrected chi connectivity index (χ0v) is 11.9. The quantitative estimate of drug-likeness (QED) is 0.781. The zero-order chi connectivity index (χ0) is 16.4. The van der Waals surface area contributed by atoms with Crippen LogP contribution >= 0.6 is 0 Å². The van der Waals surface area contributed by atoms with Gasteiger partial charge >= 0.3 is 0 Å². The number of H-pyrrole nitrogens is 1. The largest absolute Gasteiger partial charge is 0.358 e. The molecule has 1 aromatic heterocycles. The Bertz CT molecular complexity index is 933. The number of rotatable bonds is 3. The van der Waals surface area contributed by atoms with Crippen LogP contribution in [0.3, 0.4) is 0 Å². The van der Waals surface area contributed by atoms with Crippen LogP contribution < -0.4 is 10.7 Å². The molecule has 0 saturated heterocycles. The second-order valence-corrected chi connectivity index (χ2v) is 5.00. The number of aromatic nitrogens is 1. The third-order valence-corrected chi connectivity index (χ3v) is 3.47. The van der Waals surface area contributed by atoms with Crippen LogP contribution in [0.15, 0.2) is 53.5 Å². The Kier molecular flexibility index (Phi) is 3.89. The number of para-hydroxylation sites is 1. The standard InChI is InChI=1S/C17H12F2N2O2/c18-11-6-4-10(5-7-11)8-21-17(23)13-9-20-15-12(16(13)22)2-1-3-14(15)19/h1-7,9H,8H2,(H,20,22)(H,21,23). The van der Waals surface area contributed by atoms with Crippen LogP contribution in [0.4, 0.5) is 8.78 Å². The molecule has 2 aromatic carbocycles. The summed E-state index contributed by atoms with van der Waals surface area (Å²) in [6.07, 6.45) is 1.19. The molecule has 1 heterocycles. The summed E-state index contributed by atoms with van der Waals surface area (Å²) in [7, 11) is 0. The fraction of sp³-hybridized carbons (Fsp3) is 0.0588. The molecule has 4 nitrogen and oxygen atoms in total. The molecule has 0 bridgehead atoms. The molecule has 3 aromatic rings. The van der Waals surface area contributed by atoms with Crippen molar-refractivity contribution in [1.82, 2.24) is 10.3 Å². The van der Waals surface area contributed by atoms with E-state index in [1.54, 1.807) is 0 Å². The van der Waals surface area contributed by atoms with Crippen molar-refractivity contribution in [3.8, 4) is 0 Å². The highest BCUT2D eigenvalue weighted by Gasteiger charge is 2.14. The molecule has 23 heavy (non-hydrogen) atoms. The van der Waals surface area contributed by atoms with Crippen LogP contribution in [0.1, 0.15) is 15.9 Å². The fourth-order valence-electron chi connectivity index (χ4n) is 2.26. The average Bonchev–Trinajstić information content (AvgIpc) is 2.55. The minimum atomic E-state index is -0.582. The highest BCUT2D eigenvalue weighted by molar-refractivity contribution is 5.97. The fourth-order valence-corrected chi connectivity index (χ4v) is 2.26. The van der Waals surface area contributed by atoms with Gasteiger partial charge in [0.15, 0.2) is 0 Å². The molecule has 0 spiro atoms. The Labute approximate surface area is 129 Å². The van der Waals surface area contributed by atoms with Crippen molar-refractivity contribution in [1.29, 1.82) is 0 Å². The van der Waals surface area contributed by atoms with Gasteiger partial charge in [0, 0.05) is 18.1 Å². The van der Waals surface area contributed by atoms with Crippen LogP contribution in [0.2, 0.25) is 0 Å². The van der Waals surface area contributed by atoms with Crippen molar-refractivity contribution in [2.75, 3.05) is 0 Å². The molecule has 1 amide bonds. The Balaban J connectivity index is 1.85. The summed E-state index contributed by atoms with van der Waals surface area (Å²) < 4.78 is 26.4. The minimum absolute atomic E-state index is 0.0626. The van der Waals surface area contributed by atoms with E-state index >= 15 is 0 Å². The van der Waals surface area contributed by atoms with Gasteiger partial charge in [-0.15, -0.1) is 0 Å². The van der Waals surface area contributed by atoms with Crippen molar-refractivity contribution >= 4 is 16.8 Å². The third-order valence-electron chi connectivity index (χ3n) is 3.47. The van der Waals surface area contributed by atoms with Gasteiger partial charge in [0.25, 0.3) is 5.91 Å². The van der Waals surface area contributed by atoms with Crippen molar-refractivity contribution in [3.05, 3.63) is 81.6 Å². The summed E-state index contributed by atoms with van der Waals surface area (Å²) >= 11 is 0. The van der Waals surface area contributed by atoms with E-state index in [2.05, 4.69) is 10.3 Å². The van der Waals surface area contributed by atoms with Gasteiger partial charge in [-0.2, -0.15) is 0 Å². The first-order valence-corrected chi connectivity index (χ1v) is 6.89. The van der Waals surface area contributed by atoms with E-state index in [0.717, 1.165) is 0 Å². The maximum atomic E-state index is 13.6. The number of hydrogen-bond donors (Lipinski definition) is 2. The summed E-state index contributed by atoms with van der Waals surface area (Å²) in [5, 5.41) is 2.69. The Morgan fingerprint density at radius 3 is 2.57 bits per heavy atom. The number of aromatic amines is 1. The summed E-state index contributed by atoms with van der Waals surface area (Å²) in [6, 6.07) is 9.74. The van der Waals surface area contributed by atoms with Crippen molar-refractivity contribution in [2.24, 2.45) is 0 Å². The normalized spacial score (nSPS) is 10.7. The number of pyridine rings is 1. The van der Waals surface area contributed by atoms with E-state index < -0.39 is 17.2 Å². The topological polar surface area (TPSA) is 62.0 Å². The first kappa shape index (κ1) is 14.9. The van der Waals surface area contributed by atoms with Crippen molar-refractivity contribution < 1.29 is 13.6 Å². The van der Waals surface area contributed by atoms with Crippen LogP contribution in [0.5, 0.6) is 0 Å². The minimum Gasteiger partial charge on any atom is -0.358 e. The highest BCUT2D eigenvalue weighted by atomic mass is 19.1. The Morgan fingerprint density at radius 2 is 1.83 bits per heavy atom. The molecule has 0 aliphatic carbocycles. The van der Waals surface area contributed by atoms with E-state index in [1.807, 2.05) is 0 Å². The van der Waals surface area contributed by atoms with E-state index in [4.69, 9.17) is 0 Å². The van der Waals surface area contributed by atoms with Gasteiger partial charge in [0.1, 0.15) is 17.2 Å². The summed E-state index contributed by atoms with van der Waals surface area (Å²) in [5.74, 6) is -1.51. The number of carbonyl (C=O) groups excluding carboxylic acids is 1. The lowest BCUT2D eigenvalue weighted by Gasteiger charge is -2.06. The van der Waals surface area contributed by atoms with Crippen molar-refractivity contribution in [2.45, 2.75) is 6.54 Å². The van der Waals surface area contributed by atoms with Gasteiger partial charge in [-0.3, -0.25) is 9.59 Å². The summed E-state index contributed by atoms with van der Waals surface area (Å²) in [6.45, 7) is 0.153. The molecule has 2 N–H and O–H groups in total. The smallest absolute Gasteiger partial charge is 0.257 e. The average molecular weight is 314 g/mol. The SMILES string of the molecule is O=C(NCc1ccc(F)cc1)c1c[nH]c2c(F)cccc2c1=O. The summed E-state index contributed by atoms with van der Waals surface area (Å²) in [5.41, 5.74) is 0.107. The number of nitrogens with one attached hydrogen (secondary N) is 2. The summed E-state index contributed by atoms with van der Waals surface area (Å²) in [4.78, 5) is 27.0. The van der Waals surface area contributed by atoms with Crippen molar-refractivity contribution in [3.63, 3.8) is 0 Å². The van der Waals surface area contributed by atoms with E-state index in [-0.39, 0.29) is 28.8 Å².